The minimum Gasteiger partial charge on any atom is -0.369 e. The van der Waals surface area contributed by atoms with E-state index in [1.807, 2.05) is 31.2 Å². The Kier molecular flexibility index (Phi) is 4.19. The number of rotatable bonds is 4. The molecular weight excluding hydrogens is 366 g/mol. The first-order valence-corrected chi connectivity index (χ1v) is 9.81. The van der Waals surface area contributed by atoms with Crippen LogP contribution in [0.1, 0.15) is 30.8 Å². The van der Waals surface area contributed by atoms with Gasteiger partial charge in [0.15, 0.2) is 11.2 Å². The van der Waals surface area contributed by atoms with Crippen molar-refractivity contribution in [1.82, 2.24) is 29.9 Å². The zero-order chi connectivity index (χ0) is 20.0. The maximum Gasteiger partial charge on any atom is 0.220 e. The SMILES string of the molecule is Cc1ccc2cc(-n3nnc4cnc(C[C@@H]5CC[C@H](C(N)=O)C5)nc43)ccc2n1. The molecule has 5 rings (SSSR count). The van der Waals surface area contributed by atoms with Crippen LogP contribution >= 0.6 is 0 Å². The number of benzene rings is 1. The van der Waals surface area contributed by atoms with Crippen molar-refractivity contribution in [3.05, 3.63) is 48.0 Å². The Morgan fingerprint density at radius 2 is 2.07 bits per heavy atom. The number of primary amides is 1. The zero-order valence-electron chi connectivity index (χ0n) is 16.1. The summed E-state index contributed by atoms with van der Waals surface area (Å²) in [7, 11) is 0. The first-order valence-electron chi connectivity index (χ1n) is 9.81. The molecular formula is C21H21N7O. The summed E-state index contributed by atoms with van der Waals surface area (Å²) < 4.78 is 1.74. The molecule has 146 valence electrons. The molecule has 8 heteroatoms. The number of amides is 1. The van der Waals surface area contributed by atoms with E-state index >= 15 is 0 Å². The molecule has 29 heavy (non-hydrogen) atoms. The number of carbonyl (C=O) groups is 1. The Morgan fingerprint density at radius 3 is 2.90 bits per heavy atom. The molecule has 0 aliphatic heterocycles. The van der Waals surface area contributed by atoms with Crippen LogP contribution < -0.4 is 5.73 Å². The number of pyridine rings is 1. The minimum atomic E-state index is -0.202. The maximum atomic E-state index is 11.4. The Balaban J connectivity index is 1.47. The van der Waals surface area contributed by atoms with Gasteiger partial charge in [0.25, 0.3) is 0 Å². The summed E-state index contributed by atoms with van der Waals surface area (Å²) in [5.41, 5.74) is 9.59. The van der Waals surface area contributed by atoms with Crippen LogP contribution in [0.4, 0.5) is 0 Å². The Hall–Kier alpha value is -3.42. The highest BCUT2D eigenvalue weighted by molar-refractivity contribution is 5.82. The zero-order valence-corrected chi connectivity index (χ0v) is 16.1. The quantitative estimate of drug-likeness (QED) is 0.576. The summed E-state index contributed by atoms with van der Waals surface area (Å²) in [6.45, 7) is 1.98. The lowest BCUT2D eigenvalue weighted by Gasteiger charge is -2.09. The summed E-state index contributed by atoms with van der Waals surface area (Å²) >= 11 is 0. The number of nitrogens with two attached hydrogens (primary N) is 1. The number of hydrogen-bond acceptors (Lipinski definition) is 6. The van der Waals surface area contributed by atoms with Crippen molar-refractivity contribution in [2.75, 3.05) is 0 Å². The summed E-state index contributed by atoms with van der Waals surface area (Å²) in [5, 5.41) is 9.53. The highest BCUT2D eigenvalue weighted by Gasteiger charge is 2.29. The van der Waals surface area contributed by atoms with Crippen molar-refractivity contribution in [2.45, 2.75) is 32.6 Å². The smallest absolute Gasteiger partial charge is 0.220 e. The van der Waals surface area contributed by atoms with Crippen LogP contribution in [0.15, 0.2) is 36.5 Å². The van der Waals surface area contributed by atoms with Crippen LogP contribution in [0.25, 0.3) is 27.8 Å². The Bertz CT molecular complexity index is 1230. The van der Waals surface area contributed by atoms with E-state index in [-0.39, 0.29) is 11.8 Å². The van der Waals surface area contributed by atoms with Gasteiger partial charge in [-0.05, 0) is 56.4 Å². The van der Waals surface area contributed by atoms with Crippen LogP contribution in [0.2, 0.25) is 0 Å². The van der Waals surface area contributed by atoms with E-state index in [1.54, 1.807) is 10.9 Å². The van der Waals surface area contributed by atoms with E-state index in [9.17, 15) is 4.79 Å². The van der Waals surface area contributed by atoms with Gasteiger partial charge in [-0.1, -0.05) is 11.3 Å². The number of aryl methyl sites for hydroxylation is 1. The molecule has 3 aromatic heterocycles. The van der Waals surface area contributed by atoms with Crippen molar-refractivity contribution < 1.29 is 4.79 Å². The second kappa shape index (κ2) is 6.88. The van der Waals surface area contributed by atoms with Crippen molar-refractivity contribution >= 4 is 28.0 Å². The van der Waals surface area contributed by atoms with E-state index in [0.29, 0.717) is 17.1 Å². The molecule has 8 nitrogen and oxygen atoms in total. The number of nitrogens with zero attached hydrogens (tertiary/aromatic N) is 6. The third-order valence-corrected chi connectivity index (χ3v) is 5.71. The number of carbonyl (C=O) groups excluding carboxylic acids is 1. The number of fused-ring (bicyclic) bond motifs is 2. The molecule has 3 heterocycles. The molecule has 0 radical (unpaired) electrons. The average Bonchev–Trinajstić information content (AvgIpc) is 3.34. The van der Waals surface area contributed by atoms with Crippen molar-refractivity contribution in [3.8, 4) is 5.69 Å². The molecule has 0 saturated heterocycles. The second-order valence-electron chi connectivity index (χ2n) is 7.81. The van der Waals surface area contributed by atoms with E-state index in [4.69, 9.17) is 10.7 Å². The van der Waals surface area contributed by atoms with E-state index in [0.717, 1.165) is 53.8 Å². The van der Waals surface area contributed by atoms with E-state index < -0.39 is 0 Å². The second-order valence-corrected chi connectivity index (χ2v) is 7.81. The molecule has 1 aliphatic carbocycles. The molecule has 0 bridgehead atoms. The van der Waals surface area contributed by atoms with Crippen molar-refractivity contribution in [3.63, 3.8) is 0 Å². The predicted octanol–water partition coefficient (Wildman–Crippen LogP) is 2.51. The van der Waals surface area contributed by atoms with Gasteiger partial charge in [-0.15, -0.1) is 5.10 Å². The van der Waals surface area contributed by atoms with Gasteiger partial charge in [0.2, 0.25) is 5.91 Å². The summed E-state index contributed by atoms with van der Waals surface area (Å²) in [4.78, 5) is 25.2. The van der Waals surface area contributed by atoms with Crippen LogP contribution in [0, 0.1) is 18.8 Å². The first kappa shape index (κ1) is 17.7. The minimum absolute atomic E-state index is 0.0224. The average molecular weight is 387 g/mol. The van der Waals surface area contributed by atoms with Gasteiger partial charge in [-0.2, -0.15) is 4.68 Å². The fraction of sp³-hybridized carbons (Fsp3) is 0.333. The molecule has 0 unspecified atom stereocenters. The predicted molar refractivity (Wildman–Crippen MR) is 108 cm³/mol. The van der Waals surface area contributed by atoms with Crippen LogP contribution in [-0.4, -0.2) is 35.9 Å². The topological polar surface area (TPSA) is 112 Å². The molecule has 2 N–H and O–H groups in total. The number of aromatic nitrogens is 6. The first-order chi connectivity index (χ1) is 14.1. The van der Waals surface area contributed by atoms with Crippen LogP contribution in [-0.2, 0) is 11.2 Å². The summed E-state index contributed by atoms with van der Waals surface area (Å²) in [5.74, 6) is 0.899. The van der Waals surface area contributed by atoms with Gasteiger partial charge >= 0.3 is 0 Å². The lowest BCUT2D eigenvalue weighted by Crippen LogP contribution is -2.21. The normalized spacial score (nSPS) is 19.2. The summed E-state index contributed by atoms with van der Waals surface area (Å²) in [6, 6.07) is 10.0. The van der Waals surface area contributed by atoms with Gasteiger partial charge in [0.05, 0.1) is 17.4 Å². The highest BCUT2D eigenvalue weighted by atomic mass is 16.1. The van der Waals surface area contributed by atoms with Gasteiger partial charge in [0, 0.05) is 23.4 Å². The third-order valence-electron chi connectivity index (χ3n) is 5.71. The highest BCUT2D eigenvalue weighted by Crippen LogP contribution is 2.32. The van der Waals surface area contributed by atoms with Gasteiger partial charge in [-0.25, -0.2) is 9.97 Å². The molecule has 1 aromatic carbocycles. The fourth-order valence-electron chi connectivity index (χ4n) is 4.16. The monoisotopic (exact) mass is 387 g/mol. The largest absolute Gasteiger partial charge is 0.369 e. The number of hydrogen-bond donors (Lipinski definition) is 1. The van der Waals surface area contributed by atoms with E-state index in [1.165, 1.54) is 0 Å². The van der Waals surface area contributed by atoms with Gasteiger partial charge in [-0.3, -0.25) is 9.78 Å². The fourth-order valence-corrected chi connectivity index (χ4v) is 4.16. The standard InChI is InChI=1S/C21H21N7O/c1-12-2-4-14-10-16(6-7-17(14)24-12)28-21-18(26-27-28)11-23-19(25-21)9-13-3-5-15(8-13)20(22)29/h2,4,6-7,10-11,13,15H,3,5,8-9H2,1H3,(H2,22,29)/t13-,15+/m1/s1. The third kappa shape index (κ3) is 3.30. The Morgan fingerprint density at radius 1 is 1.17 bits per heavy atom. The van der Waals surface area contributed by atoms with E-state index in [2.05, 4.69) is 26.3 Å². The van der Waals surface area contributed by atoms with Gasteiger partial charge < -0.3 is 5.73 Å². The van der Waals surface area contributed by atoms with Crippen LogP contribution in [0.3, 0.4) is 0 Å². The van der Waals surface area contributed by atoms with Crippen molar-refractivity contribution in [2.24, 2.45) is 17.6 Å². The molecule has 4 aromatic rings. The molecule has 1 fully saturated rings. The molecule has 1 saturated carbocycles. The lowest BCUT2D eigenvalue weighted by molar-refractivity contribution is -0.121. The molecule has 0 spiro atoms. The van der Waals surface area contributed by atoms with Crippen LogP contribution in [0.5, 0.6) is 0 Å². The van der Waals surface area contributed by atoms with Gasteiger partial charge in [0.1, 0.15) is 5.82 Å². The molecule has 1 amide bonds. The lowest BCUT2D eigenvalue weighted by atomic mass is 10.0. The Labute approximate surface area is 167 Å². The summed E-state index contributed by atoms with van der Waals surface area (Å²) in [6.07, 6.45) is 5.08. The van der Waals surface area contributed by atoms with Crippen molar-refractivity contribution in [1.29, 1.82) is 0 Å². The molecule has 1 aliphatic rings. The molecule has 2 atom stereocenters. The maximum absolute atomic E-state index is 11.4.